The maximum Gasteiger partial charge on any atom is 0.256 e. The van der Waals surface area contributed by atoms with Gasteiger partial charge in [0.25, 0.3) is 5.91 Å². The molecular weight excluding hydrogens is 391 g/mol. The number of carbonyl (C=O) groups excluding carboxylic acids is 1. The fraction of sp³-hybridized carbons (Fsp3) is 0.360. The van der Waals surface area contributed by atoms with E-state index in [2.05, 4.69) is 39.9 Å². The number of rotatable bonds is 4. The summed E-state index contributed by atoms with van der Waals surface area (Å²) in [6.07, 6.45) is 7.37. The third kappa shape index (κ3) is 3.88. The van der Waals surface area contributed by atoms with Gasteiger partial charge in [-0.25, -0.2) is 4.39 Å². The Kier molecular flexibility index (Phi) is 5.32. The molecule has 2 aliphatic heterocycles. The average molecular weight is 419 g/mol. The number of anilines is 1. The molecular formula is C25H27FN4O. The van der Waals surface area contributed by atoms with E-state index in [0.717, 1.165) is 29.8 Å². The first kappa shape index (κ1) is 19.9. The van der Waals surface area contributed by atoms with Crippen molar-refractivity contribution >= 4 is 17.8 Å². The summed E-state index contributed by atoms with van der Waals surface area (Å²) in [7, 11) is 0. The minimum absolute atomic E-state index is 0.162. The van der Waals surface area contributed by atoms with Crippen LogP contribution in [0.1, 0.15) is 34.8 Å². The van der Waals surface area contributed by atoms with Gasteiger partial charge in [0.2, 0.25) is 0 Å². The third-order valence-corrected chi connectivity index (χ3v) is 6.52. The zero-order valence-electron chi connectivity index (χ0n) is 17.7. The van der Waals surface area contributed by atoms with Crippen LogP contribution in [0.25, 0.3) is 0 Å². The maximum absolute atomic E-state index is 14.7. The maximum atomic E-state index is 14.7. The molecule has 1 aliphatic carbocycles. The first-order valence-electron chi connectivity index (χ1n) is 10.9. The molecule has 1 saturated heterocycles. The highest BCUT2D eigenvalue weighted by molar-refractivity contribution is 5.95. The normalized spacial score (nSPS) is 22.9. The Bertz CT molecular complexity index is 1050. The zero-order chi connectivity index (χ0) is 21.4. The molecule has 1 unspecified atom stereocenters. The predicted molar refractivity (Wildman–Crippen MR) is 121 cm³/mol. The second-order valence-corrected chi connectivity index (χ2v) is 8.59. The number of amides is 1. The molecule has 0 radical (unpaired) electrons. The van der Waals surface area contributed by atoms with E-state index < -0.39 is 5.82 Å². The van der Waals surface area contributed by atoms with E-state index in [1.165, 1.54) is 6.07 Å². The Morgan fingerprint density at radius 2 is 2.03 bits per heavy atom. The number of nitrogens with zero attached hydrogens (tertiary/aromatic N) is 4. The molecule has 31 heavy (non-hydrogen) atoms. The number of hydrogen-bond donors (Lipinski definition) is 0. The molecule has 5 rings (SSSR count). The number of piperazine rings is 1. The monoisotopic (exact) mass is 418 g/mol. The molecule has 1 fully saturated rings. The summed E-state index contributed by atoms with van der Waals surface area (Å²) in [4.78, 5) is 24.0. The van der Waals surface area contributed by atoms with Crippen molar-refractivity contribution in [1.29, 1.82) is 0 Å². The van der Waals surface area contributed by atoms with Crippen LogP contribution in [0, 0.1) is 5.82 Å². The highest BCUT2D eigenvalue weighted by Crippen LogP contribution is 2.26. The van der Waals surface area contributed by atoms with Crippen LogP contribution in [0.15, 0.2) is 59.6 Å². The van der Waals surface area contributed by atoms with Gasteiger partial charge in [0.05, 0.1) is 5.56 Å². The second kappa shape index (κ2) is 8.27. The minimum atomic E-state index is -0.456. The quantitative estimate of drug-likeness (QED) is 0.711. The van der Waals surface area contributed by atoms with Gasteiger partial charge >= 0.3 is 0 Å². The Morgan fingerprint density at radius 3 is 2.81 bits per heavy atom. The van der Waals surface area contributed by atoms with Gasteiger partial charge in [0.1, 0.15) is 12.5 Å². The Balaban J connectivity index is 1.31. The molecule has 2 aromatic carbocycles. The van der Waals surface area contributed by atoms with Crippen molar-refractivity contribution in [1.82, 2.24) is 9.80 Å². The molecule has 0 N–H and O–H groups in total. The van der Waals surface area contributed by atoms with Gasteiger partial charge in [0.15, 0.2) is 0 Å². The fourth-order valence-electron chi connectivity index (χ4n) is 4.71. The van der Waals surface area contributed by atoms with Crippen LogP contribution in [0.3, 0.4) is 0 Å². The number of para-hydroxylation sites is 1. The number of fused-ring (bicyclic) bond motifs is 1. The van der Waals surface area contributed by atoms with Crippen LogP contribution >= 0.6 is 0 Å². The standard InChI is InChI=1S/C25H27FN4O/c1-18-15-28(11-12-30(18)21-6-4-7-21)25(31)22-13-19(9-10-23(22)26)16-29-17-27-14-20-5-2-3-8-24(20)29/h2-6,8-10,13-14,18,21H,7,11-12,15-17H2,1H3/t18-,21?/m0/s1. The largest absolute Gasteiger partial charge is 0.347 e. The number of benzene rings is 2. The first-order chi connectivity index (χ1) is 15.1. The topological polar surface area (TPSA) is 39.2 Å². The van der Waals surface area contributed by atoms with Crippen molar-refractivity contribution in [2.75, 3.05) is 31.2 Å². The van der Waals surface area contributed by atoms with Crippen LogP contribution in [0.2, 0.25) is 0 Å². The lowest BCUT2D eigenvalue weighted by Gasteiger charge is -2.44. The fourth-order valence-corrected chi connectivity index (χ4v) is 4.71. The van der Waals surface area contributed by atoms with Gasteiger partial charge < -0.3 is 9.80 Å². The van der Waals surface area contributed by atoms with Crippen LogP contribution in [-0.4, -0.2) is 60.3 Å². The first-order valence-corrected chi connectivity index (χ1v) is 10.9. The van der Waals surface area contributed by atoms with Gasteiger partial charge in [-0.05, 0) is 37.1 Å². The summed E-state index contributed by atoms with van der Waals surface area (Å²) < 4.78 is 14.7. The molecule has 2 heterocycles. The van der Waals surface area contributed by atoms with Gasteiger partial charge in [-0.3, -0.25) is 14.7 Å². The van der Waals surface area contributed by atoms with Crippen molar-refractivity contribution in [3.05, 3.63) is 77.1 Å². The lowest BCUT2D eigenvalue weighted by molar-refractivity contribution is 0.0420. The number of carbonyl (C=O) groups is 1. The van der Waals surface area contributed by atoms with E-state index >= 15 is 0 Å². The van der Waals surface area contributed by atoms with E-state index in [1.807, 2.05) is 24.4 Å². The summed E-state index contributed by atoms with van der Waals surface area (Å²) in [6, 6.07) is 13.7. The lowest BCUT2D eigenvalue weighted by atomic mass is 9.98. The molecule has 1 amide bonds. The zero-order valence-corrected chi connectivity index (χ0v) is 17.7. The Labute approximate surface area is 182 Å². The molecule has 2 atom stereocenters. The molecule has 0 aromatic heterocycles. The van der Waals surface area contributed by atoms with Crippen LogP contribution in [-0.2, 0) is 6.54 Å². The van der Waals surface area contributed by atoms with Crippen molar-refractivity contribution in [3.8, 4) is 0 Å². The molecule has 0 bridgehead atoms. The molecule has 0 spiro atoms. The van der Waals surface area contributed by atoms with Gasteiger partial charge in [-0.15, -0.1) is 0 Å². The summed E-state index contributed by atoms with van der Waals surface area (Å²) in [5, 5.41) is 0. The number of aliphatic imine (C=N–C) groups is 1. The number of hydrogen-bond acceptors (Lipinski definition) is 4. The van der Waals surface area contributed by atoms with E-state index in [9.17, 15) is 9.18 Å². The highest BCUT2D eigenvalue weighted by atomic mass is 19.1. The molecule has 2 aromatic rings. The predicted octanol–water partition coefficient (Wildman–Crippen LogP) is 3.70. The van der Waals surface area contributed by atoms with Crippen molar-refractivity contribution < 1.29 is 9.18 Å². The van der Waals surface area contributed by atoms with E-state index in [0.29, 0.717) is 32.3 Å². The van der Waals surface area contributed by atoms with Crippen molar-refractivity contribution in [2.24, 2.45) is 4.99 Å². The number of halogens is 1. The van der Waals surface area contributed by atoms with Crippen LogP contribution in [0.5, 0.6) is 0 Å². The third-order valence-electron chi connectivity index (χ3n) is 6.52. The summed E-state index contributed by atoms with van der Waals surface area (Å²) in [5.41, 5.74) is 3.24. The molecule has 5 nitrogen and oxygen atoms in total. The SMILES string of the molecule is C[C@H]1CN(C(=O)c2cc(CN3CN=Cc4ccccc43)ccc2F)CCN1C1C=CC1. The average Bonchev–Trinajstić information content (AvgIpc) is 2.75. The Hall–Kier alpha value is -2.99. The van der Waals surface area contributed by atoms with Crippen molar-refractivity contribution in [2.45, 2.75) is 32.0 Å². The van der Waals surface area contributed by atoms with Crippen LogP contribution in [0.4, 0.5) is 10.1 Å². The van der Waals surface area contributed by atoms with Crippen LogP contribution < -0.4 is 4.90 Å². The summed E-state index contributed by atoms with van der Waals surface area (Å²) >= 11 is 0. The minimum Gasteiger partial charge on any atom is -0.347 e. The van der Waals surface area contributed by atoms with E-state index in [-0.39, 0.29) is 17.5 Å². The Morgan fingerprint density at radius 1 is 1.19 bits per heavy atom. The van der Waals surface area contributed by atoms with E-state index in [4.69, 9.17) is 0 Å². The molecule has 6 heteroatoms. The summed E-state index contributed by atoms with van der Waals surface area (Å²) in [5.74, 6) is -0.671. The van der Waals surface area contributed by atoms with E-state index in [1.54, 1.807) is 17.0 Å². The molecule has 0 saturated carbocycles. The molecule has 3 aliphatic rings. The highest BCUT2D eigenvalue weighted by Gasteiger charge is 2.32. The molecule has 160 valence electrons. The smallest absolute Gasteiger partial charge is 0.256 e. The van der Waals surface area contributed by atoms with Gasteiger partial charge in [0, 0.05) is 55.7 Å². The van der Waals surface area contributed by atoms with Gasteiger partial charge in [-0.2, -0.15) is 0 Å². The summed E-state index contributed by atoms with van der Waals surface area (Å²) in [6.45, 7) is 5.35. The second-order valence-electron chi connectivity index (χ2n) is 8.59. The lowest BCUT2D eigenvalue weighted by Crippen LogP contribution is -2.57. The van der Waals surface area contributed by atoms with Crippen molar-refractivity contribution in [3.63, 3.8) is 0 Å². The van der Waals surface area contributed by atoms with Gasteiger partial charge in [-0.1, -0.05) is 36.4 Å².